The van der Waals surface area contributed by atoms with Crippen LogP contribution in [0.4, 0.5) is 14.9 Å². The fraction of sp³-hybridized carbons (Fsp3) is 0.286. The highest BCUT2D eigenvalue weighted by molar-refractivity contribution is 5.89. The van der Waals surface area contributed by atoms with E-state index in [9.17, 15) is 14.0 Å². The van der Waals surface area contributed by atoms with Crippen LogP contribution in [0.15, 0.2) is 24.3 Å². The van der Waals surface area contributed by atoms with Gasteiger partial charge in [-0.2, -0.15) is 0 Å². The molecule has 3 N–H and O–H groups in total. The van der Waals surface area contributed by atoms with E-state index in [0.717, 1.165) is 31.1 Å². The number of carbonyl (C=O) groups excluding carboxylic acids is 1. The Kier molecular flexibility index (Phi) is 6.22. The third-order valence-corrected chi connectivity index (χ3v) is 2.48. The quantitative estimate of drug-likeness (QED) is 0.554. The topological polar surface area (TPSA) is 78.4 Å². The summed E-state index contributed by atoms with van der Waals surface area (Å²) < 4.78 is 13.6. The Morgan fingerprint density at radius 1 is 1.40 bits per heavy atom. The molecule has 0 aliphatic heterocycles. The van der Waals surface area contributed by atoms with Crippen LogP contribution in [0.1, 0.15) is 25.3 Å². The van der Waals surface area contributed by atoms with Crippen LogP contribution >= 0.6 is 0 Å². The molecule has 0 fully saturated rings. The number of halogens is 1. The predicted octanol–water partition coefficient (Wildman–Crippen LogP) is 2.85. The molecule has 0 saturated carbocycles. The van der Waals surface area contributed by atoms with Gasteiger partial charge in [-0.25, -0.2) is 14.0 Å². The number of benzene rings is 1. The Balaban J connectivity index is 2.63. The Morgan fingerprint density at radius 3 is 2.75 bits per heavy atom. The van der Waals surface area contributed by atoms with Gasteiger partial charge in [0, 0.05) is 23.9 Å². The van der Waals surface area contributed by atoms with Gasteiger partial charge in [-0.1, -0.05) is 13.3 Å². The lowest BCUT2D eigenvalue weighted by Crippen LogP contribution is -2.29. The fourth-order valence-corrected chi connectivity index (χ4v) is 1.46. The lowest BCUT2D eigenvalue weighted by Gasteiger charge is -2.07. The second kappa shape index (κ2) is 7.93. The number of urea groups is 1. The maximum Gasteiger partial charge on any atom is 0.328 e. The first-order valence-electron chi connectivity index (χ1n) is 6.28. The number of unbranched alkanes of at least 4 members (excludes halogenated alkanes) is 1. The summed E-state index contributed by atoms with van der Waals surface area (Å²) >= 11 is 0. The number of hydrogen-bond donors (Lipinski definition) is 3. The van der Waals surface area contributed by atoms with E-state index in [1.165, 1.54) is 12.1 Å². The number of anilines is 1. The minimum absolute atomic E-state index is 0.143. The normalized spacial score (nSPS) is 10.5. The molecule has 0 aliphatic rings. The average Bonchev–Trinajstić information content (AvgIpc) is 2.38. The Morgan fingerprint density at radius 2 is 2.15 bits per heavy atom. The van der Waals surface area contributed by atoms with Gasteiger partial charge < -0.3 is 15.7 Å². The summed E-state index contributed by atoms with van der Waals surface area (Å²) in [6.07, 6.45) is 3.85. The monoisotopic (exact) mass is 280 g/mol. The van der Waals surface area contributed by atoms with E-state index in [2.05, 4.69) is 10.6 Å². The van der Waals surface area contributed by atoms with Gasteiger partial charge in [0.25, 0.3) is 0 Å². The van der Waals surface area contributed by atoms with Crippen LogP contribution in [-0.4, -0.2) is 23.7 Å². The first kappa shape index (κ1) is 15.7. The average molecular weight is 280 g/mol. The maximum atomic E-state index is 13.6. The van der Waals surface area contributed by atoms with Gasteiger partial charge >= 0.3 is 12.0 Å². The van der Waals surface area contributed by atoms with Crippen molar-refractivity contribution >= 4 is 23.8 Å². The molecule has 1 aromatic rings. The van der Waals surface area contributed by atoms with Gasteiger partial charge in [0.2, 0.25) is 0 Å². The van der Waals surface area contributed by atoms with Crippen molar-refractivity contribution in [3.8, 4) is 0 Å². The zero-order valence-electron chi connectivity index (χ0n) is 11.1. The highest BCUT2D eigenvalue weighted by atomic mass is 19.1. The summed E-state index contributed by atoms with van der Waals surface area (Å²) in [5.74, 6) is -1.75. The fourth-order valence-electron chi connectivity index (χ4n) is 1.46. The third kappa shape index (κ3) is 5.51. The zero-order valence-corrected chi connectivity index (χ0v) is 11.1. The van der Waals surface area contributed by atoms with Crippen LogP contribution in [0, 0.1) is 5.82 Å². The van der Waals surface area contributed by atoms with Crippen LogP contribution in [-0.2, 0) is 4.79 Å². The van der Waals surface area contributed by atoms with Crippen molar-refractivity contribution in [2.45, 2.75) is 19.8 Å². The van der Waals surface area contributed by atoms with E-state index in [0.29, 0.717) is 12.2 Å². The molecule has 0 atom stereocenters. The summed E-state index contributed by atoms with van der Waals surface area (Å²) in [5.41, 5.74) is 0.452. The first-order chi connectivity index (χ1) is 9.52. The minimum atomic E-state index is -1.15. The number of aliphatic carboxylic acids is 1. The summed E-state index contributed by atoms with van der Waals surface area (Å²) in [7, 11) is 0. The van der Waals surface area contributed by atoms with E-state index in [1.807, 2.05) is 6.92 Å². The van der Waals surface area contributed by atoms with Crippen molar-refractivity contribution in [3.63, 3.8) is 0 Å². The van der Waals surface area contributed by atoms with Gasteiger partial charge in [-0.05, 0) is 30.7 Å². The summed E-state index contributed by atoms with van der Waals surface area (Å²) in [6.45, 7) is 2.57. The van der Waals surface area contributed by atoms with E-state index in [4.69, 9.17) is 5.11 Å². The molecule has 0 unspecified atom stereocenters. The van der Waals surface area contributed by atoms with Crippen molar-refractivity contribution in [1.82, 2.24) is 5.32 Å². The second-order valence-corrected chi connectivity index (χ2v) is 4.14. The predicted molar refractivity (Wildman–Crippen MR) is 75.0 cm³/mol. The molecule has 0 radical (unpaired) electrons. The molecule has 1 rings (SSSR count). The first-order valence-corrected chi connectivity index (χ1v) is 6.28. The summed E-state index contributed by atoms with van der Waals surface area (Å²) in [5, 5.41) is 13.6. The van der Waals surface area contributed by atoms with Crippen LogP contribution in [0.5, 0.6) is 0 Å². The van der Waals surface area contributed by atoms with Crippen molar-refractivity contribution in [1.29, 1.82) is 0 Å². The molecule has 5 nitrogen and oxygen atoms in total. The molecular formula is C14H17FN2O3. The standard InChI is InChI=1S/C14H17FN2O3/c1-2-3-8-16-14(20)17-11-6-4-10(12(15)9-11)5-7-13(18)19/h4-7,9H,2-3,8H2,1H3,(H,18,19)(H2,16,17,20). The summed E-state index contributed by atoms with van der Waals surface area (Å²) in [6, 6.07) is 3.65. The molecule has 0 aliphatic carbocycles. The number of carbonyl (C=O) groups is 2. The largest absolute Gasteiger partial charge is 0.478 e. The summed E-state index contributed by atoms with van der Waals surface area (Å²) in [4.78, 5) is 21.8. The Labute approximate surface area is 116 Å². The number of hydrogen-bond acceptors (Lipinski definition) is 2. The number of nitrogens with one attached hydrogen (secondary N) is 2. The molecule has 20 heavy (non-hydrogen) atoms. The van der Waals surface area contributed by atoms with Crippen molar-refractivity contribution in [2.75, 3.05) is 11.9 Å². The molecule has 1 aromatic carbocycles. The van der Waals surface area contributed by atoms with E-state index >= 15 is 0 Å². The Bertz CT molecular complexity index is 515. The molecular weight excluding hydrogens is 263 g/mol. The van der Waals surface area contributed by atoms with Gasteiger partial charge in [0.05, 0.1) is 0 Å². The lowest BCUT2D eigenvalue weighted by molar-refractivity contribution is -0.131. The zero-order chi connectivity index (χ0) is 15.0. The third-order valence-electron chi connectivity index (χ3n) is 2.48. The van der Waals surface area contributed by atoms with Gasteiger partial charge in [-0.3, -0.25) is 0 Å². The number of carboxylic acid groups (broad SMARTS) is 1. The maximum absolute atomic E-state index is 13.6. The van der Waals surface area contributed by atoms with E-state index in [1.54, 1.807) is 0 Å². The number of amides is 2. The Hall–Kier alpha value is -2.37. The van der Waals surface area contributed by atoms with Crippen molar-refractivity contribution < 1.29 is 19.1 Å². The van der Waals surface area contributed by atoms with E-state index in [-0.39, 0.29) is 5.56 Å². The molecule has 0 aromatic heterocycles. The van der Waals surface area contributed by atoms with E-state index < -0.39 is 17.8 Å². The molecule has 0 heterocycles. The SMILES string of the molecule is CCCCNC(=O)Nc1ccc(C=CC(=O)O)c(F)c1. The molecule has 0 spiro atoms. The van der Waals surface area contributed by atoms with Gasteiger partial charge in [0.1, 0.15) is 5.82 Å². The molecule has 6 heteroatoms. The van der Waals surface area contributed by atoms with Gasteiger partial charge in [0.15, 0.2) is 0 Å². The van der Waals surface area contributed by atoms with Crippen molar-refractivity contribution in [2.24, 2.45) is 0 Å². The molecule has 2 amide bonds. The highest BCUT2D eigenvalue weighted by Gasteiger charge is 2.04. The highest BCUT2D eigenvalue weighted by Crippen LogP contribution is 2.15. The van der Waals surface area contributed by atoms with Crippen molar-refractivity contribution in [3.05, 3.63) is 35.7 Å². The second-order valence-electron chi connectivity index (χ2n) is 4.14. The number of carboxylic acids is 1. The molecule has 0 bridgehead atoms. The van der Waals surface area contributed by atoms with Crippen LogP contribution in [0.2, 0.25) is 0 Å². The van der Waals surface area contributed by atoms with Gasteiger partial charge in [-0.15, -0.1) is 0 Å². The number of rotatable bonds is 6. The molecule has 108 valence electrons. The minimum Gasteiger partial charge on any atom is -0.478 e. The molecule has 0 saturated heterocycles. The smallest absolute Gasteiger partial charge is 0.328 e. The lowest BCUT2D eigenvalue weighted by atomic mass is 10.2. The van der Waals surface area contributed by atoms with Crippen LogP contribution in [0.3, 0.4) is 0 Å². The van der Waals surface area contributed by atoms with Crippen LogP contribution < -0.4 is 10.6 Å². The van der Waals surface area contributed by atoms with Crippen LogP contribution in [0.25, 0.3) is 6.08 Å².